The van der Waals surface area contributed by atoms with Crippen molar-refractivity contribution in [2.75, 3.05) is 5.88 Å². The highest BCUT2D eigenvalue weighted by Crippen LogP contribution is 2.28. The summed E-state index contributed by atoms with van der Waals surface area (Å²) in [5, 5.41) is 0.0452. The third kappa shape index (κ3) is 2.13. The molecule has 13 heavy (non-hydrogen) atoms. The molecule has 0 aliphatic heterocycles. The average molecular weight is 241 g/mol. The highest BCUT2D eigenvalue weighted by Gasteiger charge is 2.16. The Bertz CT molecular complexity index is 351. The van der Waals surface area contributed by atoms with Gasteiger partial charge in [0.1, 0.15) is 5.82 Å². The van der Waals surface area contributed by atoms with Crippen LogP contribution in [0.15, 0.2) is 12.1 Å². The molecule has 0 saturated carbocycles. The standard InChI is InChI=1S/C8H4Cl3FO/c9-3-6(13)7-5(12)2-1-4(10)8(7)11/h1-2H,3H2. The molecular weight excluding hydrogens is 237 g/mol. The lowest BCUT2D eigenvalue weighted by atomic mass is 10.1. The number of halogens is 4. The fraction of sp³-hybridized carbons (Fsp3) is 0.125. The van der Waals surface area contributed by atoms with Crippen LogP contribution < -0.4 is 0 Å². The Morgan fingerprint density at radius 2 is 2.00 bits per heavy atom. The fourth-order valence-electron chi connectivity index (χ4n) is 0.849. The van der Waals surface area contributed by atoms with Crippen molar-refractivity contribution >= 4 is 40.6 Å². The maximum Gasteiger partial charge on any atom is 0.182 e. The van der Waals surface area contributed by atoms with Crippen molar-refractivity contribution in [2.45, 2.75) is 0 Å². The zero-order chi connectivity index (χ0) is 10.0. The first-order valence-corrected chi connectivity index (χ1v) is 4.59. The largest absolute Gasteiger partial charge is 0.293 e. The normalized spacial score (nSPS) is 10.2. The van der Waals surface area contributed by atoms with Gasteiger partial charge in [-0.25, -0.2) is 4.39 Å². The van der Waals surface area contributed by atoms with E-state index in [4.69, 9.17) is 34.8 Å². The summed E-state index contributed by atoms with van der Waals surface area (Å²) in [4.78, 5) is 11.1. The van der Waals surface area contributed by atoms with Gasteiger partial charge in [-0.15, -0.1) is 11.6 Å². The third-order valence-electron chi connectivity index (χ3n) is 1.44. The summed E-state index contributed by atoms with van der Waals surface area (Å²) in [6, 6.07) is 2.36. The molecule has 0 fully saturated rings. The van der Waals surface area contributed by atoms with Crippen molar-refractivity contribution in [1.29, 1.82) is 0 Å². The van der Waals surface area contributed by atoms with E-state index in [-0.39, 0.29) is 21.5 Å². The molecule has 0 aromatic heterocycles. The van der Waals surface area contributed by atoms with Crippen LogP contribution in [-0.4, -0.2) is 11.7 Å². The lowest BCUT2D eigenvalue weighted by molar-refractivity contribution is 0.101. The molecule has 0 radical (unpaired) electrons. The van der Waals surface area contributed by atoms with Crippen molar-refractivity contribution in [3.8, 4) is 0 Å². The predicted molar refractivity (Wildman–Crippen MR) is 51.5 cm³/mol. The molecule has 1 aromatic rings. The van der Waals surface area contributed by atoms with E-state index in [1.54, 1.807) is 0 Å². The van der Waals surface area contributed by atoms with Crippen molar-refractivity contribution in [3.63, 3.8) is 0 Å². The molecule has 1 aromatic carbocycles. The number of carbonyl (C=O) groups excluding carboxylic acids is 1. The summed E-state index contributed by atoms with van der Waals surface area (Å²) in [6.07, 6.45) is 0. The Balaban J connectivity index is 3.33. The first kappa shape index (κ1) is 10.8. The lowest BCUT2D eigenvalue weighted by Gasteiger charge is -2.03. The number of ketones is 1. The monoisotopic (exact) mass is 240 g/mol. The van der Waals surface area contributed by atoms with Crippen LogP contribution in [0.1, 0.15) is 10.4 Å². The molecular formula is C8H4Cl3FO. The first-order valence-electron chi connectivity index (χ1n) is 3.30. The van der Waals surface area contributed by atoms with Gasteiger partial charge in [0.25, 0.3) is 0 Å². The van der Waals surface area contributed by atoms with Crippen molar-refractivity contribution in [1.82, 2.24) is 0 Å². The van der Waals surface area contributed by atoms with Crippen LogP contribution in [0, 0.1) is 5.82 Å². The van der Waals surface area contributed by atoms with E-state index in [2.05, 4.69) is 0 Å². The highest BCUT2D eigenvalue weighted by atomic mass is 35.5. The van der Waals surface area contributed by atoms with Gasteiger partial charge < -0.3 is 0 Å². The van der Waals surface area contributed by atoms with Crippen LogP contribution in [0.5, 0.6) is 0 Å². The second kappa shape index (κ2) is 4.27. The molecule has 0 unspecified atom stereocenters. The van der Waals surface area contributed by atoms with Crippen LogP contribution in [0.2, 0.25) is 10.0 Å². The zero-order valence-electron chi connectivity index (χ0n) is 6.28. The van der Waals surface area contributed by atoms with Gasteiger partial charge in [0.05, 0.1) is 21.5 Å². The van der Waals surface area contributed by atoms with Gasteiger partial charge in [0.2, 0.25) is 0 Å². The van der Waals surface area contributed by atoms with Gasteiger partial charge in [-0.05, 0) is 12.1 Å². The summed E-state index contributed by atoms with van der Waals surface area (Å²) in [6.45, 7) is 0. The van der Waals surface area contributed by atoms with Crippen LogP contribution in [0.3, 0.4) is 0 Å². The minimum Gasteiger partial charge on any atom is -0.293 e. The van der Waals surface area contributed by atoms with Crippen LogP contribution in [0.25, 0.3) is 0 Å². The summed E-state index contributed by atoms with van der Waals surface area (Å²) < 4.78 is 13.0. The molecule has 5 heteroatoms. The number of Topliss-reactive ketones (excluding diaryl/α,β-unsaturated/α-hetero) is 1. The maximum absolute atomic E-state index is 13.0. The number of alkyl halides is 1. The number of hydrogen-bond donors (Lipinski definition) is 0. The van der Waals surface area contributed by atoms with Crippen LogP contribution in [-0.2, 0) is 0 Å². The predicted octanol–water partition coefficient (Wildman–Crippen LogP) is 3.55. The number of hydrogen-bond acceptors (Lipinski definition) is 1. The van der Waals surface area contributed by atoms with E-state index in [0.717, 1.165) is 6.07 Å². The van der Waals surface area contributed by atoms with Crippen LogP contribution in [0.4, 0.5) is 4.39 Å². The molecule has 0 amide bonds. The fourth-order valence-corrected chi connectivity index (χ4v) is 1.40. The first-order chi connectivity index (χ1) is 6.07. The van der Waals surface area contributed by atoms with Gasteiger partial charge in [-0.1, -0.05) is 23.2 Å². The van der Waals surface area contributed by atoms with Gasteiger partial charge in [-0.2, -0.15) is 0 Å². The van der Waals surface area contributed by atoms with Crippen molar-refractivity contribution in [3.05, 3.63) is 33.6 Å². The summed E-state index contributed by atoms with van der Waals surface area (Å²) >= 11 is 16.5. The second-order valence-electron chi connectivity index (χ2n) is 2.27. The van der Waals surface area contributed by atoms with E-state index in [1.165, 1.54) is 6.07 Å². The smallest absolute Gasteiger partial charge is 0.182 e. The number of benzene rings is 1. The summed E-state index contributed by atoms with van der Waals surface area (Å²) in [5.41, 5.74) is -0.246. The molecule has 0 saturated heterocycles. The molecule has 70 valence electrons. The zero-order valence-corrected chi connectivity index (χ0v) is 8.55. The van der Waals surface area contributed by atoms with Gasteiger partial charge in [0.15, 0.2) is 5.78 Å². The van der Waals surface area contributed by atoms with E-state index in [1.807, 2.05) is 0 Å². The average Bonchev–Trinajstić information content (AvgIpc) is 2.12. The van der Waals surface area contributed by atoms with Gasteiger partial charge in [-0.3, -0.25) is 4.79 Å². The van der Waals surface area contributed by atoms with E-state index in [0.29, 0.717) is 0 Å². The van der Waals surface area contributed by atoms with Gasteiger partial charge >= 0.3 is 0 Å². The third-order valence-corrected chi connectivity index (χ3v) is 2.49. The molecule has 0 N–H and O–H groups in total. The Morgan fingerprint density at radius 1 is 1.38 bits per heavy atom. The molecule has 1 rings (SSSR count). The van der Waals surface area contributed by atoms with E-state index >= 15 is 0 Å². The number of carbonyl (C=O) groups is 1. The van der Waals surface area contributed by atoms with Gasteiger partial charge in [0, 0.05) is 0 Å². The highest BCUT2D eigenvalue weighted by molar-refractivity contribution is 6.44. The summed E-state index contributed by atoms with van der Waals surface area (Å²) in [7, 11) is 0. The molecule has 0 atom stereocenters. The maximum atomic E-state index is 13.0. The Hall–Kier alpha value is -0.310. The minimum absolute atomic E-state index is 0.0904. The second-order valence-corrected chi connectivity index (χ2v) is 3.33. The molecule has 0 aliphatic rings. The van der Waals surface area contributed by atoms with Crippen molar-refractivity contribution < 1.29 is 9.18 Å². The quantitative estimate of drug-likeness (QED) is 0.440. The van der Waals surface area contributed by atoms with E-state index < -0.39 is 11.6 Å². The van der Waals surface area contributed by atoms with Crippen LogP contribution >= 0.6 is 34.8 Å². The molecule has 0 heterocycles. The molecule has 0 spiro atoms. The Morgan fingerprint density at radius 3 is 2.54 bits per heavy atom. The SMILES string of the molecule is O=C(CCl)c1c(F)ccc(Cl)c1Cl. The summed E-state index contributed by atoms with van der Waals surface area (Å²) in [5.74, 6) is -1.61. The lowest BCUT2D eigenvalue weighted by Crippen LogP contribution is -2.04. The minimum atomic E-state index is -0.708. The molecule has 0 aliphatic carbocycles. The Kier molecular flexibility index (Phi) is 3.54. The Labute approximate surface area is 89.4 Å². The number of rotatable bonds is 2. The topological polar surface area (TPSA) is 17.1 Å². The van der Waals surface area contributed by atoms with E-state index in [9.17, 15) is 9.18 Å². The molecule has 1 nitrogen and oxygen atoms in total. The van der Waals surface area contributed by atoms with Crippen molar-refractivity contribution in [2.24, 2.45) is 0 Å². The molecule has 0 bridgehead atoms.